The first-order chi connectivity index (χ1) is 11.5. The van der Waals surface area contributed by atoms with Gasteiger partial charge in [0.25, 0.3) is 0 Å². The molecule has 2 atom stereocenters. The van der Waals surface area contributed by atoms with Crippen molar-refractivity contribution >= 4 is 40.1 Å². The second kappa shape index (κ2) is 6.86. The Hall–Kier alpha value is -2.00. The third-order valence-corrected chi connectivity index (χ3v) is 5.17. The van der Waals surface area contributed by atoms with E-state index in [2.05, 4.69) is 30.3 Å². The van der Waals surface area contributed by atoms with Crippen LogP contribution < -0.4 is 0 Å². The summed E-state index contributed by atoms with van der Waals surface area (Å²) in [5.41, 5.74) is 0.942. The summed E-state index contributed by atoms with van der Waals surface area (Å²) in [6.07, 6.45) is 0.470. The fourth-order valence-electron chi connectivity index (χ4n) is 2.94. The lowest BCUT2D eigenvalue weighted by Crippen LogP contribution is -2.16. The van der Waals surface area contributed by atoms with Gasteiger partial charge in [-0.3, -0.25) is 4.79 Å². The maximum absolute atomic E-state index is 12.1. The summed E-state index contributed by atoms with van der Waals surface area (Å²) in [7, 11) is 0. The molecular formula is C21H22O2S. The lowest BCUT2D eigenvalue weighted by atomic mass is 9.98. The minimum Gasteiger partial charge on any atom is -0.458 e. The van der Waals surface area contributed by atoms with Gasteiger partial charge in [-0.05, 0) is 34.9 Å². The molecule has 2 nitrogen and oxygen atoms in total. The zero-order chi connectivity index (χ0) is 17.3. The van der Waals surface area contributed by atoms with Gasteiger partial charge in [0.15, 0.2) is 0 Å². The van der Waals surface area contributed by atoms with Crippen molar-refractivity contribution < 1.29 is 9.53 Å². The second-order valence-electron chi connectivity index (χ2n) is 6.27. The van der Waals surface area contributed by atoms with E-state index in [1.807, 2.05) is 39.0 Å². The van der Waals surface area contributed by atoms with Gasteiger partial charge in [0.05, 0.1) is 5.92 Å². The standard InChI is InChI=1S/C21H22O2S/c1-4-13(2)21(22)23-14(3)16-11-12-18-17-8-6-5-7-15(17)9-10-19(18)20(16)24/h5-14,24H,4H2,1-3H3. The van der Waals surface area contributed by atoms with E-state index in [1.165, 1.54) is 16.2 Å². The highest BCUT2D eigenvalue weighted by molar-refractivity contribution is 7.80. The van der Waals surface area contributed by atoms with Crippen molar-refractivity contribution in [3.63, 3.8) is 0 Å². The van der Waals surface area contributed by atoms with Crippen molar-refractivity contribution in [1.82, 2.24) is 0 Å². The van der Waals surface area contributed by atoms with Crippen LogP contribution in [0.25, 0.3) is 21.5 Å². The number of carbonyl (C=O) groups is 1. The number of hydrogen-bond donors (Lipinski definition) is 1. The zero-order valence-electron chi connectivity index (χ0n) is 14.2. The zero-order valence-corrected chi connectivity index (χ0v) is 15.1. The van der Waals surface area contributed by atoms with E-state index in [1.54, 1.807) is 0 Å². The van der Waals surface area contributed by atoms with Crippen molar-refractivity contribution in [2.75, 3.05) is 0 Å². The number of hydrogen-bond acceptors (Lipinski definition) is 3. The molecule has 0 aliphatic rings. The van der Waals surface area contributed by atoms with Crippen LogP contribution in [0.5, 0.6) is 0 Å². The van der Waals surface area contributed by atoms with Crippen LogP contribution in [0.4, 0.5) is 0 Å². The van der Waals surface area contributed by atoms with Crippen LogP contribution in [0.1, 0.15) is 38.9 Å². The molecule has 0 spiro atoms. The topological polar surface area (TPSA) is 26.3 Å². The number of ether oxygens (including phenoxy) is 1. The normalized spacial score (nSPS) is 13.8. The fourth-order valence-corrected chi connectivity index (χ4v) is 3.39. The van der Waals surface area contributed by atoms with Crippen molar-refractivity contribution in [2.45, 2.75) is 38.2 Å². The Kier molecular flexibility index (Phi) is 4.81. The summed E-state index contributed by atoms with van der Waals surface area (Å²) in [5.74, 6) is -0.239. The SMILES string of the molecule is CCC(C)C(=O)OC(C)c1ccc2c(ccc3ccccc32)c1S. The van der Waals surface area contributed by atoms with Crippen molar-refractivity contribution in [2.24, 2.45) is 5.92 Å². The van der Waals surface area contributed by atoms with E-state index in [-0.39, 0.29) is 18.0 Å². The number of rotatable bonds is 4. The van der Waals surface area contributed by atoms with Gasteiger partial charge in [0.2, 0.25) is 0 Å². The fraction of sp³-hybridized carbons (Fsp3) is 0.286. The van der Waals surface area contributed by atoms with Crippen LogP contribution in [0.15, 0.2) is 53.4 Å². The summed E-state index contributed by atoms with van der Waals surface area (Å²) >= 11 is 4.73. The van der Waals surface area contributed by atoms with Crippen LogP contribution in [-0.4, -0.2) is 5.97 Å². The monoisotopic (exact) mass is 338 g/mol. The Balaban J connectivity index is 2.03. The van der Waals surface area contributed by atoms with Crippen molar-refractivity contribution in [3.05, 3.63) is 54.1 Å². The molecule has 0 N–H and O–H groups in total. The highest BCUT2D eigenvalue weighted by Gasteiger charge is 2.19. The van der Waals surface area contributed by atoms with Crippen molar-refractivity contribution in [1.29, 1.82) is 0 Å². The maximum atomic E-state index is 12.1. The molecule has 24 heavy (non-hydrogen) atoms. The summed E-state index contributed by atoms with van der Waals surface area (Å²) in [6.45, 7) is 5.78. The number of fused-ring (bicyclic) bond motifs is 3. The summed E-state index contributed by atoms with van der Waals surface area (Å²) in [5, 5.41) is 4.67. The highest BCUT2D eigenvalue weighted by Crippen LogP contribution is 2.35. The van der Waals surface area contributed by atoms with E-state index < -0.39 is 0 Å². The Bertz CT molecular complexity index is 901. The van der Waals surface area contributed by atoms with E-state index >= 15 is 0 Å². The third-order valence-electron chi connectivity index (χ3n) is 4.67. The molecule has 0 bridgehead atoms. The predicted octanol–water partition coefficient (Wildman–Crippen LogP) is 5.93. The molecule has 0 saturated heterocycles. The van der Waals surface area contributed by atoms with Gasteiger partial charge in [-0.25, -0.2) is 0 Å². The Morgan fingerprint density at radius 1 is 1.00 bits per heavy atom. The molecule has 3 heteroatoms. The molecule has 0 amide bonds. The van der Waals surface area contributed by atoms with Gasteiger partial charge in [0.1, 0.15) is 6.10 Å². The lowest BCUT2D eigenvalue weighted by Gasteiger charge is -2.19. The molecule has 0 saturated carbocycles. The van der Waals surface area contributed by atoms with Crippen LogP contribution >= 0.6 is 12.6 Å². The predicted molar refractivity (Wildman–Crippen MR) is 103 cm³/mol. The Labute approximate surface area is 148 Å². The average Bonchev–Trinajstić information content (AvgIpc) is 2.60. The van der Waals surface area contributed by atoms with Gasteiger partial charge in [-0.2, -0.15) is 0 Å². The molecule has 3 aromatic rings. The van der Waals surface area contributed by atoms with Crippen molar-refractivity contribution in [3.8, 4) is 0 Å². The minimum atomic E-state index is -0.310. The Morgan fingerprint density at radius 2 is 1.71 bits per heavy atom. The number of carbonyl (C=O) groups excluding carboxylic acids is 1. The molecule has 3 aromatic carbocycles. The van der Waals surface area contributed by atoms with Gasteiger partial charge in [0, 0.05) is 10.5 Å². The summed E-state index contributed by atoms with van der Waals surface area (Å²) in [4.78, 5) is 12.9. The number of benzene rings is 3. The summed E-state index contributed by atoms with van der Waals surface area (Å²) in [6, 6.07) is 16.6. The van der Waals surface area contributed by atoms with Gasteiger partial charge in [-0.15, -0.1) is 12.6 Å². The van der Waals surface area contributed by atoms with E-state index in [0.717, 1.165) is 22.3 Å². The van der Waals surface area contributed by atoms with E-state index in [4.69, 9.17) is 17.4 Å². The van der Waals surface area contributed by atoms with Gasteiger partial charge in [-0.1, -0.05) is 62.4 Å². The number of thiol groups is 1. The minimum absolute atomic E-state index is 0.0831. The highest BCUT2D eigenvalue weighted by atomic mass is 32.1. The molecular weight excluding hydrogens is 316 g/mol. The molecule has 124 valence electrons. The first kappa shape index (κ1) is 16.8. The van der Waals surface area contributed by atoms with E-state index in [9.17, 15) is 4.79 Å². The molecule has 0 heterocycles. The van der Waals surface area contributed by atoms with Gasteiger partial charge >= 0.3 is 5.97 Å². The summed E-state index contributed by atoms with van der Waals surface area (Å²) < 4.78 is 5.62. The second-order valence-corrected chi connectivity index (χ2v) is 6.72. The molecule has 0 fully saturated rings. The molecule has 2 unspecified atom stereocenters. The van der Waals surface area contributed by atoms with E-state index in [0.29, 0.717) is 0 Å². The first-order valence-corrected chi connectivity index (χ1v) is 8.81. The molecule has 0 aromatic heterocycles. The Morgan fingerprint density at radius 3 is 2.46 bits per heavy atom. The van der Waals surface area contributed by atoms with Crippen LogP contribution in [0.2, 0.25) is 0 Å². The quantitative estimate of drug-likeness (QED) is 0.362. The van der Waals surface area contributed by atoms with Gasteiger partial charge < -0.3 is 4.74 Å². The number of esters is 1. The lowest BCUT2D eigenvalue weighted by molar-refractivity contribution is -0.153. The molecule has 3 rings (SSSR count). The smallest absolute Gasteiger partial charge is 0.309 e. The maximum Gasteiger partial charge on any atom is 0.309 e. The van der Waals surface area contributed by atoms with Crippen LogP contribution in [0, 0.1) is 5.92 Å². The average molecular weight is 338 g/mol. The largest absolute Gasteiger partial charge is 0.458 e. The molecule has 0 aliphatic carbocycles. The first-order valence-electron chi connectivity index (χ1n) is 8.36. The molecule has 0 radical (unpaired) electrons. The third kappa shape index (κ3) is 3.01. The molecule has 0 aliphatic heterocycles. The van der Waals surface area contributed by atoms with Crippen LogP contribution in [0.3, 0.4) is 0 Å². The van der Waals surface area contributed by atoms with Crippen LogP contribution in [-0.2, 0) is 9.53 Å².